The predicted molar refractivity (Wildman–Crippen MR) is 80.7 cm³/mol. The average molecular weight is 280 g/mol. The van der Waals surface area contributed by atoms with Crippen LogP contribution in [0.25, 0.3) is 0 Å². The molecule has 0 spiro atoms. The monoisotopic (exact) mass is 280 g/mol. The fourth-order valence-electron chi connectivity index (χ4n) is 2.61. The third-order valence-corrected chi connectivity index (χ3v) is 3.77. The molecule has 1 saturated heterocycles. The van der Waals surface area contributed by atoms with Gasteiger partial charge in [0.05, 0.1) is 6.10 Å². The summed E-state index contributed by atoms with van der Waals surface area (Å²) in [5, 5.41) is 3.34. The lowest BCUT2D eigenvalue weighted by molar-refractivity contribution is 0.0324. The Bertz CT molecular complexity index is 394. The van der Waals surface area contributed by atoms with Gasteiger partial charge < -0.3 is 15.0 Å². The summed E-state index contributed by atoms with van der Waals surface area (Å²) < 4.78 is 19.1. The molecule has 1 aliphatic heterocycles. The van der Waals surface area contributed by atoms with Gasteiger partial charge in [0.1, 0.15) is 5.82 Å². The van der Waals surface area contributed by atoms with E-state index >= 15 is 0 Å². The van der Waals surface area contributed by atoms with E-state index in [1.165, 1.54) is 6.07 Å². The average Bonchev–Trinajstić information content (AvgIpc) is 2.48. The molecule has 0 bridgehead atoms. The zero-order chi connectivity index (χ0) is 14.2. The van der Waals surface area contributed by atoms with Crippen molar-refractivity contribution in [3.8, 4) is 0 Å². The molecule has 0 radical (unpaired) electrons. The molecule has 1 fully saturated rings. The predicted octanol–water partition coefficient (Wildman–Crippen LogP) is 2.81. The van der Waals surface area contributed by atoms with E-state index < -0.39 is 0 Å². The van der Waals surface area contributed by atoms with Crippen LogP contribution in [0.1, 0.15) is 26.2 Å². The zero-order valence-corrected chi connectivity index (χ0v) is 12.3. The summed E-state index contributed by atoms with van der Waals surface area (Å²) in [7, 11) is 0. The lowest BCUT2D eigenvalue weighted by Gasteiger charge is -2.25. The van der Waals surface area contributed by atoms with Crippen molar-refractivity contribution in [2.24, 2.45) is 0 Å². The van der Waals surface area contributed by atoms with E-state index in [1.807, 2.05) is 6.07 Å². The molecule has 0 unspecified atom stereocenters. The number of halogens is 1. The maximum absolute atomic E-state index is 13.2. The van der Waals surface area contributed by atoms with Crippen LogP contribution in [0.3, 0.4) is 0 Å². The van der Waals surface area contributed by atoms with Gasteiger partial charge in [-0.2, -0.15) is 0 Å². The summed E-state index contributed by atoms with van der Waals surface area (Å²) in [4.78, 5) is 2.19. The van der Waals surface area contributed by atoms with Crippen LogP contribution in [0.15, 0.2) is 24.3 Å². The van der Waals surface area contributed by atoms with Crippen molar-refractivity contribution in [3.63, 3.8) is 0 Å². The van der Waals surface area contributed by atoms with E-state index in [0.29, 0.717) is 6.10 Å². The summed E-state index contributed by atoms with van der Waals surface area (Å²) >= 11 is 0. The van der Waals surface area contributed by atoms with E-state index in [1.54, 1.807) is 12.1 Å². The Morgan fingerprint density at radius 3 is 2.85 bits per heavy atom. The molecule has 1 aromatic rings. The van der Waals surface area contributed by atoms with Crippen molar-refractivity contribution in [1.29, 1.82) is 0 Å². The van der Waals surface area contributed by atoms with Gasteiger partial charge in [-0.25, -0.2) is 4.39 Å². The maximum atomic E-state index is 13.2. The molecule has 1 N–H and O–H groups in total. The van der Waals surface area contributed by atoms with Crippen molar-refractivity contribution >= 4 is 5.69 Å². The molecule has 1 aliphatic rings. The Labute approximate surface area is 121 Å². The third kappa shape index (κ3) is 4.76. The minimum atomic E-state index is -0.174. The lowest BCUT2D eigenvalue weighted by Crippen LogP contribution is -2.33. The number of ether oxygens (including phenoxy) is 1. The summed E-state index contributed by atoms with van der Waals surface area (Å²) in [6, 6.07) is 6.80. The van der Waals surface area contributed by atoms with Gasteiger partial charge in [0.2, 0.25) is 0 Å². The van der Waals surface area contributed by atoms with Gasteiger partial charge in [0.15, 0.2) is 0 Å². The van der Waals surface area contributed by atoms with E-state index in [-0.39, 0.29) is 5.82 Å². The van der Waals surface area contributed by atoms with Gasteiger partial charge in [-0.05, 0) is 57.5 Å². The first kappa shape index (κ1) is 15.3. The molecule has 20 heavy (non-hydrogen) atoms. The molecule has 1 heterocycles. The number of hydrogen-bond donors (Lipinski definition) is 1. The summed E-state index contributed by atoms with van der Waals surface area (Å²) in [6.07, 6.45) is 3.62. The minimum absolute atomic E-state index is 0.174. The largest absolute Gasteiger partial charge is 0.378 e. The summed E-state index contributed by atoms with van der Waals surface area (Å²) in [6.45, 7) is 6.81. The second kappa shape index (κ2) is 8.22. The van der Waals surface area contributed by atoms with Crippen molar-refractivity contribution in [2.45, 2.75) is 32.3 Å². The van der Waals surface area contributed by atoms with Crippen LogP contribution in [0.4, 0.5) is 10.1 Å². The van der Waals surface area contributed by atoms with Crippen LogP contribution in [0.2, 0.25) is 0 Å². The van der Waals surface area contributed by atoms with Crippen molar-refractivity contribution in [3.05, 3.63) is 30.1 Å². The van der Waals surface area contributed by atoms with Crippen LogP contribution in [0, 0.1) is 5.82 Å². The van der Waals surface area contributed by atoms with E-state index in [0.717, 1.165) is 57.7 Å². The first-order chi connectivity index (χ1) is 9.79. The van der Waals surface area contributed by atoms with Crippen LogP contribution < -0.4 is 10.2 Å². The topological polar surface area (TPSA) is 24.5 Å². The molecule has 0 atom stereocenters. The SMILES string of the molecule is CCN(CCCOC1CCNCC1)c1cccc(F)c1. The second-order valence-electron chi connectivity index (χ2n) is 5.23. The van der Waals surface area contributed by atoms with Gasteiger partial charge in [-0.15, -0.1) is 0 Å². The molecule has 0 aromatic heterocycles. The summed E-state index contributed by atoms with van der Waals surface area (Å²) in [5.41, 5.74) is 0.953. The Morgan fingerprint density at radius 2 is 2.15 bits per heavy atom. The Morgan fingerprint density at radius 1 is 1.35 bits per heavy atom. The van der Waals surface area contributed by atoms with Crippen LogP contribution in [-0.4, -0.2) is 38.9 Å². The Balaban J connectivity index is 1.71. The first-order valence-corrected chi connectivity index (χ1v) is 7.62. The molecule has 3 nitrogen and oxygen atoms in total. The third-order valence-electron chi connectivity index (χ3n) is 3.77. The molecule has 1 aromatic carbocycles. The van der Waals surface area contributed by atoms with E-state index in [2.05, 4.69) is 17.1 Å². The molecule has 112 valence electrons. The van der Waals surface area contributed by atoms with Crippen LogP contribution >= 0.6 is 0 Å². The highest BCUT2D eigenvalue weighted by Crippen LogP contribution is 2.16. The summed E-state index contributed by atoms with van der Waals surface area (Å²) in [5.74, 6) is -0.174. The molecule has 0 saturated carbocycles. The van der Waals surface area contributed by atoms with Crippen LogP contribution in [-0.2, 0) is 4.74 Å². The molecule has 0 amide bonds. The maximum Gasteiger partial charge on any atom is 0.125 e. The first-order valence-electron chi connectivity index (χ1n) is 7.62. The highest BCUT2D eigenvalue weighted by atomic mass is 19.1. The quantitative estimate of drug-likeness (QED) is 0.777. The molecular weight excluding hydrogens is 255 g/mol. The van der Waals surface area contributed by atoms with Gasteiger partial charge in [-0.3, -0.25) is 0 Å². The van der Waals surface area contributed by atoms with Gasteiger partial charge in [0, 0.05) is 25.4 Å². The van der Waals surface area contributed by atoms with Crippen molar-refractivity contribution < 1.29 is 9.13 Å². The van der Waals surface area contributed by atoms with E-state index in [4.69, 9.17) is 4.74 Å². The smallest absolute Gasteiger partial charge is 0.125 e. The number of nitrogens with one attached hydrogen (secondary N) is 1. The van der Waals surface area contributed by atoms with Gasteiger partial charge >= 0.3 is 0 Å². The normalized spacial score (nSPS) is 16.3. The highest BCUT2D eigenvalue weighted by Gasteiger charge is 2.13. The number of anilines is 1. The van der Waals surface area contributed by atoms with Crippen LogP contribution in [0.5, 0.6) is 0 Å². The number of hydrogen-bond acceptors (Lipinski definition) is 3. The molecular formula is C16H25FN2O. The Hall–Kier alpha value is -1.13. The lowest BCUT2D eigenvalue weighted by atomic mass is 10.1. The zero-order valence-electron chi connectivity index (χ0n) is 12.3. The number of piperidine rings is 1. The van der Waals surface area contributed by atoms with Gasteiger partial charge in [0.25, 0.3) is 0 Å². The molecule has 4 heteroatoms. The van der Waals surface area contributed by atoms with Crippen molar-refractivity contribution in [2.75, 3.05) is 37.7 Å². The second-order valence-corrected chi connectivity index (χ2v) is 5.23. The minimum Gasteiger partial charge on any atom is -0.378 e. The number of benzene rings is 1. The van der Waals surface area contributed by atoms with E-state index in [9.17, 15) is 4.39 Å². The Kier molecular flexibility index (Phi) is 6.27. The highest BCUT2D eigenvalue weighted by molar-refractivity contribution is 5.46. The fraction of sp³-hybridized carbons (Fsp3) is 0.625. The molecule has 0 aliphatic carbocycles. The standard InChI is InChI=1S/C16H25FN2O/c1-2-19(15-6-3-5-14(17)13-15)11-4-12-20-16-7-9-18-10-8-16/h3,5-6,13,16,18H,2,4,7-12H2,1H3. The van der Waals surface area contributed by atoms with Crippen molar-refractivity contribution in [1.82, 2.24) is 5.32 Å². The number of rotatable bonds is 7. The van der Waals surface area contributed by atoms with Gasteiger partial charge in [-0.1, -0.05) is 6.07 Å². The number of nitrogens with zero attached hydrogens (tertiary/aromatic N) is 1. The molecule has 2 rings (SSSR count). The fourth-order valence-corrected chi connectivity index (χ4v) is 2.61.